The summed E-state index contributed by atoms with van der Waals surface area (Å²) in [4.78, 5) is 11.6. The molecular weight excluding hydrogens is 204 g/mol. The van der Waals surface area contributed by atoms with Crippen LogP contribution in [0.5, 0.6) is 0 Å². The molecule has 0 bridgehead atoms. The molecule has 0 aliphatic carbocycles. The number of fused-ring (bicyclic) bond motifs is 1. The summed E-state index contributed by atoms with van der Waals surface area (Å²) in [6, 6.07) is 5.67. The molecule has 0 saturated carbocycles. The van der Waals surface area contributed by atoms with Gasteiger partial charge in [-0.25, -0.2) is 5.01 Å². The lowest BCUT2D eigenvalue weighted by molar-refractivity contribution is -0.116. The normalized spacial score (nSPS) is 15.9. The fourth-order valence-corrected chi connectivity index (χ4v) is 1.81. The number of benzene rings is 1. The lowest BCUT2D eigenvalue weighted by Crippen LogP contribution is -2.19. The maximum atomic E-state index is 11.6. The number of amides is 1. The number of anilines is 1. The highest BCUT2D eigenvalue weighted by Gasteiger charge is 2.22. The SMILES string of the molecule is CC1=NN(c2ccc3cn[nH]c3c2)C(=O)C1. The molecule has 80 valence electrons. The van der Waals surface area contributed by atoms with Crippen LogP contribution in [0.2, 0.25) is 0 Å². The molecule has 1 amide bonds. The zero-order valence-corrected chi connectivity index (χ0v) is 8.77. The van der Waals surface area contributed by atoms with E-state index in [4.69, 9.17) is 0 Å². The fourth-order valence-electron chi connectivity index (χ4n) is 1.81. The smallest absolute Gasteiger partial charge is 0.253 e. The second kappa shape index (κ2) is 3.16. The molecule has 1 aliphatic heterocycles. The van der Waals surface area contributed by atoms with Gasteiger partial charge in [0.1, 0.15) is 0 Å². The number of nitrogens with one attached hydrogen (secondary N) is 1. The van der Waals surface area contributed by atoms with Crippen LogP contribution in [-0.4, -0.2) is 21.8 Å². The number of H-pyrrole nitrogens is 1. The van der Waals surface area contributed by atoms with E-state index in [0.717, 1.165) is 22.3 Å². The lowest BCUT2D eigenvalue weighted by atomic mass is 10.2. The van der Waals surface area contributed by atoms with Gasteiger partial charge in [0.05, 0.1) is 23.8 Å². The predicted octanol–water partition coefficient (Wildman–Crippen LogP) is 1.68. The van der Waals surface area contributed by atoms with Crippen molar-refractivity contribution in [2.45, 2.75) is 13.3 Å². The minimum Gasteiger partial charge on any atom is -0.278 e. The zero-order chi connectivity index (χ0) is 11.1. The van der Waals surface area contributed by atoms with E-state index in [0.29, 0.717) is 6.42 Å². The van der Waals surface area contributed by atoms with E-state index in [9.17, 15) is 4.79 Å². The third kappa shape index (κ3) is 1.29. The van der Waals surface area contributed by atoms with Gasteiger partial charge in [-0.2, -0.15) is 10.2 Å². The Morgan fingerprint density at radius 2 is 2.31 bits per heavy atom. The number of aromatic amines is 1. The second-order valence-electron chi connectivity index (χ2n) is 3.86. The van der Waals surface area contributed by atoms with Crippen LogP contribution in [0.1, 0.15) is 13.3 Å². The number of carbonyl (C=O) groups excluding carboxylic acids is 1. The van der Waals surface area contributed by atoms with Gasteiger partial charge in [-0.15, -0.1) is 0 Å². The van der Waals surface area contributed by atoms with Gasteiger partial charge in [0, 0.05) is 11.1 Å². The summed E-state index contributed by atoms with van der Waals surface area (Å²) in [6.07, 6.45) is 2.15. The molecule has 1 aliphatic rings. The summed E-state index contributed by atoms with van der Waals surface area (Å²) in [5.74, 6) is 0.0105. The molecule has 5 heteroatoms. The van der Waals surface area contributed by atoms with Crippen molar-refractivity contribution in [2.24, 2.45) is 5.10 Å². The van der Waals surface area contributed by atoms with E-state index >= 15 is 0 Å². The first-order chi connectivity index (χ1) is 7.74. The Kier molecular flexibility index (Phi) is 1.80. The van der Waals surface area contributed by atoms with Gasteiger partial charge >= 0.3 is 0 Å². The third-order valence-corrected chi connectivity index (χ3v) is 2.58. The van der Waals surface area contributed by atoms with Crippen molar-refractivity contribution >= 4 is 28.2 Å². The number of hydrogen-bond acceptors (Lipinski definition) is 3. The summed E-state index contributed by atoms with van der Waals surface area (Å²) in [5.41, 5.74) is 2.53. The van der Waals surface area contributed by atoms with Crippen LogP contribution in [-0.2, 0) is 4.79 Å². The molecule has 0 unspecified atom stereocenters. The molecule has 5 nitrogen and oxygen atoms in total. The monoisotopic (exact) mass is 214 g/mol. The van der Waals surface area contributed by atoms with Crippen LogP contribution in [0.4, 0.5) is 5.69 Å². The van der Waals surface area contributed by atoms with Gasteiger partial charge in [0.15, 0.2) is 0 Å². The number of carbonyl (C=O) groups is 1. The molecule has 0 spiro atoms. The van der Waals surface area contributed by atoms with E-state index in [2.05, 4.69) is 15.3 Å². The molecule has 0 atom stereocenters. The quantitative estimate of drug-likeness (QED) is 0.785. The van der Waals surface area contributed by atoms with Crippen LogP contribution in [0, 0.1) is 0 Å². The Morgan fingerprint density at radius 1 is 1.44 bits per heavy atom. The van der Waals surface area contributed by atoms with Crippen molar-refractivity contribution in [3.05, 3.63) is 24.4 Å². The Balaban J connectivity index is 2.08. The molecule has 16 heavy (non-hydrogen) atoms. The van der Waals surface area contributed by atoms with Gasteiger partial charge in [0.2, 0.25) is 0 Å². The van der Waals surface area contributed by atoms with Gasteiger partial charge in [-0.05, 0) is 25.1 Å². The Hall–Kier alpha value is -2.17. The summed E-state index contributed by atoms with van der Waals surface area (Å²) in [7, 11) is 0. The van der Waals surface area contributed by atoms with Crippen molar-refractivity contribution in [1.29, 1.82) is 0 Å². The predicted molar refractivity (Wildman–Crippen MR) is 61.3 cm³/mol. The van der Waals surface area contributed by atoms with E-state index in [1.807, 2.05) is 25.1 Å². The molecule has 0 fully saturated rings. The average Bonchev–Trinajstić information content (AvgIpc) is 2.83. The summed E-state index contributed by atoms with van der Waals surface area (Å²) < 4.78 is 0. The van der Waals surface area contributed by atoms with Crippen molar-refractivity contribution < 1.29 is 4.79 Å². The number of hydrazone groups is 1. The highest BCUT2D eigenvalue weighted by atomic mass is 16.2. The summed E-state index contributed by atoms with van der Waals surface area (Å²) in [5, 5.41) is 13.5. The molecule has 2 aromatic rings. The van der Waals surface area contributed by atoms with Crippen LogP contribution in [0.15, 0.2) is 29.5 Å². The molecule has 1 N–H and O–H groups in total. The van der Waals surface area contributed by atoms with Crippen molar-refractivity contribution in [1.82, 2.24) is 10.2 Å². The Labute approximate surface area is 91.8 Å². The number of hydrogen-bond donors (Lipinski definition) is 1. The first-order valence-electron chi connectivity index (χ1n) is 5.04. The van der Waals surface area contributed by atoms with E-state index in [1.54, 1.807) is 6.20 Å². The van der Waals surface area contributed by atoms with E-state index in [1.165, 1.54) is 5.01 Å². The molecule has 2 heterocycles. The van der Waals surface area contributed by atoms with Crippen molar-refractivity contribution in [3.63, 3.8) is 0 Å². The molecular formula is C11H10N4O. The van der Waals surface area contributed by atoms with Gasteiger partial charge in [-0.1, -0.05) is 0 Å². The Morgan fingerprint density at radius 3 is 3.06 bits per heavy atom. The lowest BCUT2D eigenvalue weighted by Gasteiger charge is -2.11. The van der Waals surface area contributed by atoms with Crippen molar-refractivity contribution in [3.8, 4) is 0 Å². The second-order valence-corrected chi connectivity index (χ2v) is 3.86. The number of nitrogens with zero attached hydrogens (tertiary/aromatic N) is 3. The van der Waals surface area contributed by atoms with Crippen molar-refractivity contribution in [2.75, 3.05) is 5.01 Å². The van der Waals surface area contributed by atoms with Gasteiger partial charge in [-0.3, -0.25) is 9.89 Å². The van der Waals surface area contributed by atoms with Crippen LogP contribution in [0.3, 0.4) is 0 Å². The average molecular weight is 214 g/mol. The van der Waals surface area contributed by atoms with Crippen LogP contribution < -0.4 is 5.01 Å². The highest BCUT2D eigenvalue weighted by Crippen LogP contribution is 2.23. The largest absolute Gasteiger partial charge is 0.278 e. The van der Waals surface area contributed by atoms with Gasteiger partial charge < -0.3 is 0 Å². The molecule has 0 saturated heterocycles. The first kappa shape index (κ1) is 9.08. The van der Waals surface area contributed by atoms with Crippen LogP contribution >= 0.6 is 0 Å². The molecule has 1 aromatic heterocycles. The first-order valence-corrected chi connectivity index (χ1v) is 5.04. The highest BCUT2D eigenvalue weighted by molar-refractivity contribution is 6.12. The van der Waals surface area contributed by atoms with Crippen LogP contribution in [0.25, 0.3) is 10.9 Å². The van der Waals surface area contributed by atoms with E-state index < -0.39 is 0 Å². The molecule has 3 rings (SSSR count). The minimum absolute atomic E-state index is 0.0105. The maximum Gasteiger partial charge on any atom is 0.253 e. The Bertz CT molecular complexity index is 599. The number of aromatic nitrogens is 2. The minimum atomic E-state index is 0.0105. The summed E-state index contributed by atoms with van der Waals surface area (Å²) in [6.45, 7) is 1.85. The van der Waals surface area contributed by atoms with E-state index in [-0.39, 0.29) is 5.91 Å². The summed E-state index contributed by atoms with van der Waals surface area (Å²) >= 11 is 0. The topological polar surface area (TPSA) is 61.4 Å². The standard InChI is InChI=1S/C11H10N4O/c1-7-4-11(16)15(14-7)9-3-2-8-6-12-13-10(8)5-9/h2-3,5-6H,4H2,1H3,(H,12,13). The fraction of sp³-hybridized carbons (Fsp3) is 0.182. The molecule has 0 radical (unpaired) electrons. The maximum absolute atomic E-state index is 11.6. The van der Waals surface area contributed by atoms with Gasteiger partial charge in [0.25, 0.3) is 5.91 Å². The number of rotatable bonds is 1. The zero-order valence-electron chi connectivity index (χ0n) is 8.77. The third-order valence-electron chi connectivity index (χ3n) is 2.58. The molecule has 1 aromatic carbocycles.